The number of anilines is 1. The largest absolute Gasteiger partial charge is 0.334 e. The van der Waals surface area contributed by atoms with Crippen LogP contribution in [0, 0.1) is 6.92 Å². The molecule has 6 nitrogen and oxygen atoms in total. The van der Waals surface area contributed by atoms with Gasteiger partial charge in [-0.25, -0.2) is 4.98 Å². The van der Waals surface area contributed by atoms with E-state index in [9.17, 15) is 9.59 Å². The molecule has 1 unspecified atom stereocenters. The first-order valence-electron chi connectivity index (χ1n) is 11.0. The monoisotopic (exact) mass is 446 g/mol. The minimum absolute atomic E-state index is 0.0110. The summed E-state index contributed by atoms with van der Waals surface area (Å²) in [7, 11) is 0. The quantitative estimate of drug-likeness (QED) is 0.614. The number of hydrogen-bond donors (Lipinski definition) is 0. The number of carbonyl (C=O) groups excluding carboxylic acids is 2. The summed E-state index contributed by atoms with van der Waals surface area (Å²) >= 11 is 1.38. The molecule has 1 atom stereocenters. The Hall–Kier alpha value is -3.03. The Kier molecular flexibility index (Phi) is 5.76. The van der Waals surface area contributed by atoms with Crippen molar-refractivity contribution in [2.24, 2.45) is 0 Å². The zero-order valence-corrected chi connectivity index (χ0v) is 18.9. The summed E-state index contributed by atoms with van der Waals surface area (Å²) in [5.74, 6) is 0.177. The number of nitrogens with zero attached hydrogens (tertiary/aromatic N) is 4. The van der Waals surface area contributed by atoms with E-state index in [2.05, 4.69) is 41.1 Å². The molecule has 2 aliphatic heterocycles. The lowest BCUT2D eigenvalue weighted by Crippen LogP contribution is -2.52. The Morgan fingerprint density at radius 3 is 2.56 bits per heavy atom. The molecule has 0 saturated carbocycles. The lowest BCUT2D eigenvalue weighted by atomic mass is 10.00. The topological polar surface area (TPSA) is 56.8 Å². The molecule has 2 aromatic carbocycles. The number of piperazine rings is 1. The van der Waals surface area contributed by atoms with Gasteiger partial charge in [-0.2, -0.15) is 0 Å². The fraction of sp³-hybridized carbons (Fsp3) is 0.320. The van der Waals surface area contributed by atoms with Gasteiger partial charge in [0.25, 0.3) is 5.91 Å². The van der Waals surface area contributed by atoms with Crippen molar-refractivity contribution in [3.63, 3.8) is 0 Å². The lowest BCUT2D eigenvalue weighted by molar-refractivity contribution is -0.117. The van der Waals surface area contributed by atoms with Gasteiger partial charge in [0.15, 0.2) is 5.01 Å². The van der Waals surface area contributed by atoms with Crippen LogP contribution in [0.25, 0.3) is 11.1 Å². The van der Waals surface area contributed by atoms with E-state index in [1.54, 1.807) is 6.20 Å². The predicted molar refractivity (Wildman–Crippen MR) is 127 cm³/mol. The van der Waals surface area contributed by atoms with Crippen molar-refractivity contribution < 1.29 is 9.59 Å². The molecule has 0 bridgehead atoms. The third kappa shape index (κ3) is 4.06. The van der Waals surface area contributed by atoms with Gasteiger partial charge in [0.05, 0.1) is 0 Å². The van der Waals surface area contributed by atoms with Crippen LogP contribution in [0.15, 0.2) is 60.1 Å². The van der Waals surface area contributed by atoms with E-state index in [-0.39, 0.29) is 17.9 Å². The van der Waals surface area contributed by atoms with Crippen LogP contribution in [0.4, 0.5) is 5.69 Å². The van der Waals surface area contributed by atoms with Crippen molar-refractivity contribution in [1.82, 2.24) is 14.8 Å². The number of carbonyl (C=O) groups is 2. The van der Waals surface area contributed by atoms with Crippen LogP contribution in [0.5, 0.6) is 0 Å². The van der Waals surface area contributed by atoms with E-state index in [4.69, 9.17) is 0 Å². The highest BCUT2D eigenvalue weighted by Crippen LogP contribution is 2.31. The molecular weight excluding hydrogens is 420 g/mol. The van der Waals surface area contributed by atoms with Crippen molar-refractivity contribution in [2.45, 2.75) is 19.4 Å². The third-order valence-corrected chi connectivity index (χ3v) is 7.22. The first kappa shape index (κ1) is 20.8. The lowest BCUT2D eigenvalue weighted by Gasteiger charge is -2.37. The molecule has 3 aromatic rings. The SMILES string of the molecule is Cc1ccc(N2CC(N3CCN(C(=O)c4nccs4)CC3)CC2=O)cc1-c1ccccc1. The first-order chi connectivity index (χ1) is 15.6. The van der Waals surface area contributed by atoms with Crippen LogP contribution in [0.3, 0.4) is 0 Å². The summed E-state index contributed by atoms with van der Waals surface area (Å²) in [6.45, 7) is 5.71. The van der Waals surface area contributed by atoms with Crippen molar-refractivity contribution in [3.05, 3.63) is 70.7 Å². The fourth-order valence-corrected chi connectivity index (χ4v) is 5.25. The molecule has 2 saturated heterocycles. The van der Waals surface area contributed by atoms with E-state index in [0.29, 0.717) is 31.1 Å². The summed E-state index contributed by atoms with van der Waals surface area (Å²) in [4.78, 5) is 35.8. The molecule has 0 N–H and O–H groups in total. The third-order valence-electron chi connectivity index (χ3n) is 6.46. The Bertz CT molecular complexity index is 1110. The minimum Gasteiger partial charge on any atom is -0.334 e. The maximum atomic E-state index is 12.9. The number of benzene rings is 2. The van der Waals surface area contributed by atoms with E-state index >= 15 is 0 Å². The molecule has 164 valence electrons. The van der Waals surface area contributed by atoms with Gasteiger partial charge in [-0.3, -0.25) is 14.5 Å². The second-order valence-electron chi connectivity index (χ2n) is 8.39. The maximum absolute atomic E-state index is 12.9. The molecular formula is C25H26N4O2S. The number of rotatable bonds is 4. The molecule has 2 fully saturated rings. The van der Waals surface area contributed by atoms with Crippen LogP contribution >= 0.6 is 11.3 Å². The molecule has 32 heavy (non-hydrogen) atoms. The average molecular weight is 447 g/mol. The first-order valence-corrected chi connectivity index (χ1v) is 11.9. The molecule has 5 rings (SSSR count). The molecule has 2 aliphatic rings. The van der Waals surface area contributed by atoms with E-state index in [1.165, 1.54) is 16.9 Å². The average Bonchev–Trinajstić information content (AvgIpc) is 3.50. The Morgan fingerprint density at radius 2 is 1.84 bits per heavy atom. The zero-order chi connectivity index (χ0) is 22.1. The van der Waals surface area contributed by atoms with Crippen LogP contribution in [-0.4, -0.2) is 65.4 Å². The number of aryl methyl sites for hydroxylation is 1. The van der Waals surface area contributed by atoms with Crippen molar-refractivity contribution in [3.8, 4) is 11.1 Å². The molecule has 1 aromatic heterocycles. The number of aromatic nitrogens is 1. The summed E-state index contributed by atoms with van der Waals surface area (Å²) in [5, 5.41) is 2.38. The molecule has 7 heteroatoms. The van der Waals surface area contributed by atoms with E-state index < -0.39 is 0 Å². The van der Waals surface area contributed by atoms with Crippen molar-refractivity contribution >= 4 is 28.8 Å². The predicted octanol–water partition coefficient (Wildman–Crippen LogP) is 3.68. The normalized spacial score (nSPS) is 19.5. The molecule has 3 heterocycles. The van der Waals surface area contributed by atoms with Gasteiger partial charge in [0.2, 0.25) is 5.91 Å². The standard InChI is InChI=1S/C25H26N4O2S/c1-18-7-8-20(15-22(18)19-5-3-2-4-6-19)29-17-21(16-23(29)30)27-10-12-28(13-11-27)25(31)24-26-9-14-32-24/h2-9,14-15,21H,10-13,16-17H2,1H3. The second-order valence-corrected chi connectivity index (χ2v) is 9.29. The highest BCUT2D eigenvalue weighted by atomic mass is 32.1. The second kappa shape index (κ2) is 8.84. The minimum atomic E-state index is 0.0110. The zero-order valence-electron chi connectivity index (χ0n) is 18.1. The molecule has 0 radical (unpaired) electrons. The van der Waals surface area contributed by atoms with E-state index in [0.717, 1.165) is 29.9 Å². The van der Waals surface area contributed by atoms with Gasteiger partial charge < -0.3 is 9.80 Å². The summed E-state index contributed by atoms with van der Waals surface area (Å²) in [6.07, 6.45) is 2.19. The molecule has 0 aliphatic carbocycles. The Morgan fingerprint density at radius 1 is 1.06 bits per heavy atom. The number of thiazole rings is 1. The van der Waals surface area contributed by atoms with Crippen LogP contribution in [-0.2, 0) is 4.79 Å². The molecule has 0 spiro atoms. The summed E-state index contributed by atoms with van der Waals surface area (Å²) in [6, 6.07) is 16.8. The van der Waals surface area contributed by atoms with Crippen LogP contribution in [0.1, 0.15) is 21.8 Å². The summed E-state index contributed by atoms with van der Waals surface area (Å²) in [5.41, 5.74) is 4.48. The fourth-order valence-electron chi connectivity index (χ4n) is 4.64. The number of amides is 2. The highest BCUT2D eigenvalue weighted by Gasteiger charge is 2.36. The van der Waals surface area contributed by atoms with Gasteiger partial charge in [-0.05, 0) is 35.7 Å². The van der Waals surface area contributed by atoms with E-state index in [1.807, 2.05) is 39.4 Å². The van der Waals surface area contributed by atoms with Gasteiger partial charge in [-0.15, -0.1) is 11.3 Å². The van der Waals surface area contributed by atoms with Crippen molar-refractivity contribution in [2.75, 3.05) is 37.6 Å². The van der Waals surface area contributed by atoms with Crippen LogP contribution in [0.2, 0.25) is 0 Å². The van der Waals surface area contributed by atoms with Crippen LogP contribution < -0.4 is 4.90 Å². The maximum Gasteiger partial charge on any atom is 0.282 e. The van der Waals surface area contributed by atoms with Gasteiger partial charge in [0.1, 0.15) is 0 Å². The van der Waals surface area contributed by atoms with Gasteiger partial charge in [0, 0.05) is 62.5 Å². The van der Waals surface area contributed by atoms with Gasteiger partial charge in [-0.1, -0.05) is 36.4 Å². The van der Waals surface area contributed by atoms with Crippen molar-refractivity contribution in [1.29, 1.82) is 0 Å². The Labute approximate surface area is 192 Å². The molecule has 2 amide bonds. The summed E-state index contributed by atoms with van der Waals surface area (Å²) < 4.78 is 0. The number of hydrogen-bond acceptors (Lipinski definition) is 5. The smallest absolute Gasteiger partial charge is 0.282 e. The highest BCUT2D eigenvalue weighted by molar-refractivity contribution is 7.11. The Balaban J connectivity index is 1.26. The van der Waals surface area contributed by atoms with Gasteiger partial charge >= 0.3 is 0 Å².